The van der Waals surface area contributed by atoms with E-state index in [-0.39, 0.29) is 22.9 Å². The first-order chi connectivity index (χ1) is 10.4. The van der Waals surface area contributed by atoms with E-state index in [4.69, 9.17) is 0 Å². The van der Waals surface area contributed by atoms with E-state index in [0.717, 1.165) is 24.8 Å². The molecule has 0 aromatic heterocycles. The number of hydrogen-bond donors (Lipinski definition) is 0. The molecule has 1 unspecified atom stereocenters. The van der Waals surface area contributed by atoms with Gasteiger partial charge in [-0.25, -0.2) is 0 Å². The van der Waals surface area contributed by atoms with Crippen LogP contribution in [0.4, 0.5) is 0 Å². The molecule has 4 rings (SSSR count). The maximum absolute atomic E-state index is 13.0. The Morgan fingerprint density at radius 2 is 1.86 bits per heavy atom. The number of carbonyl (C=O) groups is 3. The molecule has 3 nitrogen and oxygen atoms in total. The third-order valence-electron chi connectivity index (χ3n) is 6.85. The largest absolute Gasteiger partial charge is 0.300 e. The van der Waals surface area contributed by atoms with Crippen molar-refractivity contribution in [1.82, 2.24) is 0 Å². The Bertz CT molecular complexity index is 668. The van der Waals surface area contributed by atoms with Crippen LogP contribution in [0.15, 0.2) is 23.3 Å². The highest BCUT2D eigenvalue weighted by molar-refractivity contribution is 6.06. The Balaban J connectivity index is 1.84. The minimum absolute atomic E-state index is 0.0713. The summed E-state index contributed by atoms with van der Waals surface area (Å²) >= 11 is 0. The fraction of sp³-hybridized carbons (Fsp3) is 0.632. The predicted molar refractivity (Wildman–Crippen MR) is 82.1 cm³/mol. The van der Waals surface area contributed by atoms with Crippen LogP contribution in [0, 0.1) is 22.7 Å². The van der Waals surface area contributed by atoms with Crippen LogP contribution in [0.3, 0.4) is 0 Å². The van der Waals surface area contributed by atoms with Crippen LogP contribution < -0.4 is 0 Å². The summed E-state index contributed by atoms with van der Waals surface area (Å²) in [6.45, 7) is 4.13. The van der Waals surface area contributed by atoms with Gasteiger partial charge >= 0.3 is 0 Å². The summed E-state index contributed by atoms with van der Waals surface area (Å²) in [4.78, 5) is 37.0. The van der Waals surface area contributed by atoms with Gasteiger partial charge in [0.15, 0.2) is 5.78 Å². The van der Waals surface area contributed by atoms with Gasteiger partial charge in [-0.05, 0) is 49.2 Å². The second-order valence-corrected chi connectivity index (χ2v) is 8.03. The lowest BCUT2D eigenvalue weighted by Crippen LogP contribution is -2.51. The van der Waals surface area contributed by atoms with Gasteiger partial charge in [-0.2, -0.15) is 0 Å². The Kier molecular flexibility index (Phi) is 2.74. The van der Waals surface area contributed by atoms with Gasteiger partial charge < -0.3 is 0 Å². The van der Waals surface area contributed by atoms with Crippen molar-refractivity contribution in [3.05, 3.63) is 23.3 Å². The van der Waals surface area contributed by atoms with Crippen LogP contribution in [0.2, 0.25) is 0 Å². The monoisotopic (exact) mass is 298 g/mol. The minimum atomic E-state index is -0.614. The van der Waals surface area contributed by atoms with Crippen LogP contribution in [-0.2, 0) is 14.4 Å². The van der Waals surface area contributed by atoms with E-state index in [1.165, 1.54) is 5.57 Å². The summed E-state index contributed by atoms with van der Waals surface area (Å²) in [7, 11) is 0. The van der Waals surface area contributed by atoms with E-state index in [0.29, 0.717) is 31.0 Å². The van der Waals surface area contributed by atoms with Crippen molar-refractivity contribution in [2.45, 2.75) is 52.4 Å². The van der Waals surface area contributed by atoms with E-state index < -0.39 is 5.41 Å². The predicted octanol–water partition coefficient (Wildman–Crippen LogP) is 3.19. The van der Waals surface area contributed by atoms with Crippen molar-refractivity contribution >= 4 is 17.3 Å². The number of Topliss-reactive ketones (excluding diaryl/α,β-unsaturated/α-hetero) is 2. The highest BCUT2D eigenvalue weighted by Crippen LogP contribution is 2.60. The van der Waals surface area contributed by atoms with E-state index in [1.54, 1.807) is 6.08 Å². The van der Waals surface area contributed by atoms with Gasteiger partial charge in [0.1, 0.15) is 11.6 Å². The summed E-state index contributed by atoms with van der Waals surface area (Å²) in [6, 6.07) is 0. The van der Waals surface area contributed by atoms with Gasteiger partial charge in [-0.1, -0.05) is 18.6 Å². The first-order valence-electron chi connectivity index (χ1n) is 8.37. The second kappa shape index (κ2) is 4.27. The highest BCUT2D eigenvalue weighted by atomic mass is 16.1. The molecule has 2 fully saturated rings. The zero-order valence-corrected chi connectivity index (χ0v) is 13.3. The maximum Gasteiger partial charge on any atom is 0.166 e. The lowest BCUT2D eigenvalue weighted by atomic mass is 9.49. The molecule has 2 saturated carbocycles. The van der Waals surface area contributed by atoms with Gasteiger partial charge in [0.05, 0.1) is 5.41 Å². The molecule has 3 heteroatoms. The molecule has 116 valence electrons. The molecule has 0 radical (unpaired) electrons. The number of ketones is 3. The van der Waals surface area contributed by atoms with Crippen LogP contribution in [-0.4, -0.2) is 17.3 Å². The normalized spacial score (nSPS) is 44.0. The van der Waals surface area contributed by atoms with Gasteiger partial charge in [0.2, 0.25) is 0 Å². The summed E-state index contributed by atoms with van der Waals surface area (Å²) < 4.78 is 0. The lowest BCUT2D eigenvalue weighted by Gasteiger charge is -2.53. The average Bonchev–Trinajstić information content (AvgIpc) is 2.75. The van der Waals surface area contributed by atoms with Crippen LogP contribution >= 0.6 is 0 Å². The van der Waals surface area contributed by atoms with Crippen LogP contribution in [0.1, 0.15) is 52.4 Å². The summed E-state index contributed by atoms with van der Waals surface area (Å²) in [5, 5.41) is 0. The van der Waals surface area contributed by atoms with Crippen molar-refractivity contribution in [3.8, 4) is 0 Å². The van der Waals surface area contributed by atoms with E-state index in [1.807, 2.05) is 13.0 Å². The van der Waals surface area contributed by atoms with Crippen molar-refractivity contribution in [2.24, 2.45) is 22.7 Å². The third-order valence-corrected chi connectivity index (χ3v) is 6.85. The highest BCUT2D eigenvalue weighted by Gasteiger charge is 2.57. The molecule has 0 N–H and O–H groups in total. The molecular formula is C19H22O3. The smallest absolute Gasteiger partial charge is 0.166 e. The number of fused-ring (bicyclic) bond motifs is 4. The van der Waals surface area contributed by atoms with Crippen molar-refractivity contribution in [3.63, 3.8) is 0 Å². The Labute approximate surface area is 130 Å². The van der Waals surface area contributed by atoms with Crippen LogP contribution in [0.25, 0.3) is 0 Å². The molecule has 0 bridgehead atoms. The van der Waals surface area contributed by atoms with E-state index in [2.05, 4.69) is 6.92 Å². The molecule has 0 spiro atoms. The quantitative estimate of drug-likeness (QED) is 0.690. The fourth-order valence-corrected chi connectivity index (χ4v) is 5.51. The van der Waals surface area contributed by atoms with Crippen molar-refractivity contribution < 1.29 is 14.4 Å². The number of allylic oxidation sites excluding steroid dienone is 4. The van der Waals surface area contributed by atoms with E-state index >= 15 is 0 Å². The molecule has 4 atom stereocenters. The standard InChI is InChI=1S/C19H22O3/c1-18-8-7-12(20)9-11(18)3-4-13-14-5-6-16(22)19(14,2)10-15(21)17(13)18/h5-6,11,17H,3-4,7-10H2,1-2H3/t11?,17-,18+,19+/m1/s1. The van der Waals surface area contributed by atoms with Gasteiger partial charge in [-0.15, -0.1) is 0 Å². The molecule has 0 heterocycles. The molecule has 0 aromatic carbocycles. The molecule has 0 aliphatic heterocycles. The van der Waals surface area contributed by atoms with Gasteiger partial charge in [0.25, 0.3) is 0 Å². The maximum atomic E-state index is 13.0. The topological polar surface area (TPSA) is 51.2 Å². The minimum Gasteiger partial charge on any atom is -0.300 e. The first kappa shape index (κ1) is 14.1. The number of hydrogen-bond acceptors (Lipinski definition) is 3. The van der Waals surface area contributed by atoms with Gasteiger partial charge in [-0.3, -0.25) is 14.4 Å². The Hall–Kier alpha value is -1.51. The average molecular weight is 298 g/mol. The molecule has 4 aliphatic rings. The van der Waals surface area contributed by atoms with E-state index in [9.17, 15) is 14.4 Å². The number of rotatable bonds is 0. The molecule has 0 saturated heterocycles. The molecule has 0 amide bonds. The SMILES string of the molecule is C[C@]12CC(=O)[C@H]3C(=C1C=CC2=O)CCC1CC(=O)CC[C@@]13C. The Morgan fingerprint density at radius 1 is 1.09 bits per heavy atom. The zero-order chi connectivity index (χ0) is 15.7. The van der Waals surface area contributed by atoms with Crippen molar-refractivity contribution in [2.75, 3.05) is 0 Å². The fourth-order valence-electron chi connectivity index (χ4n) is 5.51. The van der Waals surface area contributed by atoms with Gasteiger partial charge in [0, 0.05) is 25.2 Å². The van der Waals surface area contributed by atoms with Crippen molar-refractivity contribution in [1.29, 1.82) is 0 Å². The Morgan fingerprint density at radius 3 is 2.64 bits per heavy atom. The summed E-state index contributed by atoms with van der Waals surface area (Å²) in [6.07, 6.45) is 7.83. The molecular weight excluding hydrogens is 276 g/mol. The van der Waals surface area contributed by atoms with Crippen LogP contribution in [0.5, 0.6) is 0 Å². The lowest BCUT2D eigenvalue weighted by molar-refractivity contribution is -0.139. The molecule has 22 heavy (non-hydrogen) atoms. The number of carbonyl (C=O) groups excluding carboxylic acids is 3. The summed E-state index contributed by atoms with van der Waals surface area (Å²) in [5.41, 5.74) is 1.61. The zero-order valence-electron chi connectivity index (χ0n) is 13.3. The summed E-state index contributed by atoms with van der Waals surface area (Å²) in [5.74, 6) is 0.908. The third kappa shape index (κ3) is 1.60. The molecule has 0 aromatic rings. The first-order valence-corrected chi connectivity index (χ1v) is 8.37. The second-order valence-electron chi connectivity index (χ2n) is 8.03. The molecule has 4 aliphatic carbocycles.